The van der Waals surface area contributed by atoms with E-state index in [1.807, 2.05) is 30.5 Å². The molecule has 4 heteroatoms. The summed E-state index contributed by atoms with van der Waals surface area (Å²) in [7, 11) is 0. The Morgan fingerprint density at radius 1 is 1.47 bits per heavy atom. The third kappa shape index (κ3) is 2.20. The number of hydrogen-bond donors (Lipinski definition) is 1. The number of benzene rings is 1. The maximum atomic E-state index is 6.06. The molecule has 2 rings (SSSR count). The van der Waals surface area contributed by atoms with E-state index in [9.17, 15) is 0 Å². The normalized spacial score (nSPS) is 10.6. The van der Waals surface area contributed by atoms with Crippen molar-refractivity contribution in [3.63, 3.8) is 0 Å². The van der Waals surface area contributed by atoms with E-state index < -0.39 is 0 Å². The quantitative estimate of drug-likeness (QED) is 0.873. The van der Waals surface area contributed by atoms with E-state index in [-0.39, 0.29) is 0 Å². The molecule has 2 nitrogen and oxygen atoms in total. The molecule has 78 valence electrons. The Balaban J connectivity index is 2.40. The summed E-state index contributed by atoms with van der Waals surface area (Å²) in [5.74, 6) is 0. The fraction of sp³-hybridized carbons (Fsp3) is 0.182. The number of hydrogen-bond acceptors (Lipinski definition) is 3. The van der Waals surface area contributed by atoms with Crippen LogP contribution in [0.3, 0.4) is 0 Å². The highest BCUT2D eigenvalue weighted by Gasteiger charge is 2.05. The molecule has 0 bridgehead atoms. The van der Waals surface area contributed by atoms with Crippen LogP contribution < -0.4 is 5.73 Å². The molecule has 1 heterocycles. The van der Waals surface area contributed by atoms with Crippen molar-refractivity contribution in [3.8, 4) is 10.6 Å². The zero-order chi connectivity index (χ0) is 10.8. The number of nitrogens with zero attached hydrogens (tertiary/aromatic N) is 1. The minimum Gasteiger partial charge on any atom is -0.325 e. The minimum absolute atomic E-state index is 0.482. The van der Waals surface area contributed by atoms with E-state index in [4.69, 9.17) is 17.3 Å². The first-order valence-corrected chi connectivity index (χ1v) is 5.87. The van der Waals surface area contributed by atoms with Crippen molar-refractivity contribution in [3.05, 3.63) is 39.9 Å². The molecule has 1 aromatic heterocycles. The molecule has 0 saturated carbocycles. The van der Waals surface area contributed by atoms with Gasteiger partial charge in [-0.25, -0.2) is 4.98 Å². The molecule has 0 atom stereocenters. The highest BCUT2D eigenvalue weighted by Crippen LogP contribution is 2.27. The van der Waals surface area contributed by atoms with Gasteiger partial charge >= 0.3 is 0 Å². The highest BCUT2D eigenvalue weighted by molar-refractivity contribution is 7.13. The van der Waals surface area contributed by atoms with E-state index in [0.717, 1.165) is 26.9 Å². The summed E-state index contributed by atoms with van der Waals surface area (Å²) in [5.41, 5.74) is 8.57. The lowest BCUT2D eigenvalue weighted by molar-refractivity contribution is 1.01. The van der Waals surface area contributed by atoms with Crippen molar-refractivity contribution in [1.82, 2.24) is 4.98 Å². The van der Waals surface area contributed by atoms with Crippen LogP contribution in [0.2, 0.25) is 5.02 Å². The maximum absolute atomic E-state index is 6.06. The van der Waals surface area contributed by atoms with Gasteiger partial charge in [-0.2, -0.15) is 0 Å². The summed E-state index contributed by atoms with van der Waals surface area (Å²) in [6.45, 7) is 2.47. The molecular formula is C11H11ClN2S. The second-order valence-corrected chi connectivity index (χ2v) is 4.58. The first-order valence-electron chi connectivity index (χ1n) is 4.61. The van der Waals surface area contributed by atoms with E-state index in [2.05, 4.69) is 4.98 Å². The molecule has 0 radical (unpaired) electrons. The van der Waals surface area contributed by atoms with Gasteiger partial charge in [-0.3, -0.25) is 0 Å². The lowest BCUT2D eigenvalue weighted by Gasteiger charge is -2.00. The number of nitrogens with two attached hydrogens (primary N) is 1. The van der Waals surface area contributed by atoms with Gasteiger partial charge in [0.2, 0.25) is 0 Å². The van der Waals surface area contributed by atoms with Crippen LogP contribution >= 0.6 is 22.9 Å². The van der Waals surface area contributed by atoms with Crippen LogP contribution in [0.15, 0.2) is 23.6 Å². The summed E-state index contributed by atoms with van der Waals surface area (Å²) in [6.07, 6.45) is 0. The van der Waals surface area contributed by atoms with Gasteiger partial charge in [0, 0.05) is 22.5 Å². The monoisotopic (exact) mass is 238 g/mol. The average molecular weight is 239 g/mol. The predicted molar refractivity (Wildman–Crippen MR) is 65.2 cm³/mol. The van der Waals surface area contributed by atoms with Gasteiger partial charge in [-0.05, 0) is 18.6 Å². The summed E-state index contributed by atoms with van der Waals surface area (Å²) in [5, 5.41) is 3.72. The zero-order valence-electron chi connectivity index (χ0n) is 8.33. The summed E-state index contributed by atoms with van der Waals surface area (Å²) < 4.78 is 0. The minimum atomic E-state index is 0.482. The topological polar surface area (TPSA) is 38.9 Å². The fourth-order valence-corrected chi connectivity index (χ4v) is 2.27. The van der Waals surface area contributed by atoms with E-state index in [1.165, 1.54) is 0 Å². The zero-order valence-corrected chi connectivity index (χ0v) is 9.90. The lowest BCUT2D eigenvalue weighted by Crippen LogP contribution is -1.95. The second kappa shape index (κ2) is 4.31. The SMILES string of the molecule is Cc1ccc(-c2nc(CN)cs2)cc1Cl. The van der Waals surface area contributed by atoms with Gasteiger partial charge in [0.1, 0.15) is 5.01 Å². The van der Waals surface area contributed by atoms with Crippen molar-refractivity contribution in [2.24, 2.45) is 5.73 Å². The van der Waals surface area contributed by atoms with Crippen LogP contribution in [0.25, 0.3) is 10.6 Å². The molecule has 0 unspecified atom stereocenters. The molecule has 0 aliphatic carbocycles. The molecule has 2 N–H and O–H groups in total. The van der Waals surface area contributed by atoms with Crippen LogP contribution in [0, 0.1) is 6.92 Å². The van der Waals surface area contributed by atoms with Gasteiger partial charge < -0.3 is 5.73 Å². The average Bonchev–Trinajstić information content (AvgIpc) is 2.70. The van der Waals surface area contributed by atoms with Crippen molar-refractivity contribution >= 4 is 22.9 Å². The smallest absolute Gasteiger partial charge is 0.123 e. The van der Waals surface area contributed by atoms with Gasteiger partial charge in [0.05, 0.1) is 5.69 Å². The number of halogens is 1. The Bertz CT molecular complexity index is 479. The van der Waals surface area contributed by atoms with Crippen LogP contribution in [0.5, 0.6) is 0 Å². The molecule has 0 aliphatic heterocycles. The first kappa shape index (κ1) is 10.6. The van der Waals surface area contributed by atoms with Crippen LogP contribution in [0.4, 0.5) is 0 Å². The number of rotatable bonds is 2. The molecule has 0 spiro atoms. The highest BCUT2D eigenvalue weighted by atomic mass is 35.5. The fourth-order valence-electron chi connectivity index (χ4n) is 1.26. The molecule has 15 heavy (non-hydrogen) atoms. The Morgan fingerprint density at radius 3 is 2.87 bits per heavy atom. The largest absolute Gasteiger partial charge is 0.325 e. The number of aryl methyl sites for hydroxylation is 1. The molecule has 1 aromatic carbocycles. The standard InChI is InChI=1S/C11H11ClN2S/c1-7-2-3-8(4-10(7)12)11-14-9(5-13)6-15-11/h2-4,6H,5,13H2,1H3. The molecular weight excluding hydrogens is 228 g/mol. The van der Waals surface area contributed by atoms with Gasteiger partial charge in [-0.1, -0.05) is 23.7 Å². The Kier molecular flexibility index (Phi) is 3.05. The van der Waals surface area contributed by atoms with Crippen molar-refractivity contribution < 1.29 is 0 Å². The molecule has 0 aliphatic rings. The molecule has 0 saturated heterocycles. The third-order valence-electron chi connectivity index (χ3n) is 2.18. The predicted octanol–water partition coefficient (Wildman–Crippen LogP) is 3.23. The Hall–Kier alpha value is -0.900. The van der Waals surface area contributed by atoms with Gasteiger partial charge in [0.15, 0.2) is 0 Å². The van der Waals surface area contributed by atoms with E-state index in [0.29, 0.717) is 6.54 Å². The molecule has 0 fully saturated rings. The lowest BCUT2D eigenvalue weighted by atomic mass is 10.1. The molecule has 2 aromatic rings. The third-order valence-corrected chi connectivity index (χ3v) is 3.53. The van der Waals surface area contributed by atoms with Crippen LogP contribution in [-0.2, 0) is 6.54 Å². The Labute approximate surface area is 97.7 Å². The number of thiazole rings is 1. The van der Waals surface area contributed by atoms with Crippen molar-refractivity contribution in [2.45, 2.75) is 13.5 Å². The van der Waals surface area contributed by atoms with Crippen LogP contribution in [-0.4, -0.2) is 4.98 Å². The van der Waals surface area contributed by atoms with E-state index in [1.54, 1.807) is 11.3 Å². The van der Waals surface area contributed by atoms with Gasteiger partial charge in [-0.15, -0.1) is 11.3 Å². The summed E-state index contributed by atoms with van der Waals surface area (Å²) in [6, 6.07) is 5.97. The summed E-state index contributed by atoms with van der Waals surface area (Å²) >= 11 is 7.65. The molecule has 0 amide bonds. The van der Waals surface area contributed by atoms with E-state index >= 15 is 0 Å². The van der Waals surface area contributed by atoms with Crippen molar-refractivity contribution in [2.75, 3.05) is 0 Å². The van der Waals surface area contributed by atoms with Gasteiger partial charge in [0.25, 0.3) is 0 Å². The second-order valence-electron chi connectivity index (χ2n) is 3.31. The number of aromatic nitrogens is 1. The summed E-state index contributed by atoms with van der Waals surface area (Å²) in [4.78, 5) is 4.40. The van der Waals surface area contributed by atoms with Crippen molar-refractivity contribution in [1.29, 1.82) is 0 Å². The maximum Gasteiger partial charge on any atom is 0.123 e. The Morgan fingerprint density at radius 2 is 2.27 bits per heavy atom. The van der Waals surface area contributed by atoms with Crippen LogP contribution in [0.1, 0.15) is 11.3 Å². The first-order chi connectivity index (χ1) is 7.20.